The van der Waals surface area contributed by atoms with Crippen LogP contribution in [0.25, 0.3) is 10.8 Å². The first kappa shape index (κ1) is 19.6. The molecule has 0 saturated carbocycles. The highest BCUT2D eigenvalue weighted by atomic mass is 32.1. The summed E-state index contributed by atoms with van der Waals surface area (Å²) in [5, 5.41) is 9.31. The molecule has 1 aliphatic rings. The lowest BCUT2D eigenvalue weighted by molar-refractivity contribution is -0.917. The third-order valence-electron chi connectivity index (χ3n) is 5.53. The molecule has 0 unspecified atom stereocenters. The Hall–Kier alpha value is -2.70. The summed E-state index contributed by atoms with van der Waals surface area (Å²) < 4.78 is 0. The highest BCUT2D eigenvalue weighted by Gasteiger charge is 2.24. The molecule has 0 spiro atoms. The van der Waals surface area contributed by atoms with Gasteiger partial charge in [0.2, 0.25) is 11.8 Å². The molecule has 2 amide bonds. The van der Waals surface area contributed by atoms with Crippen LogP contribution in [0.3, 0.4) is 0 Å². The van der Waals surface area contributed by atoms with E-state index in [1.165, 1.54) is 10.5 Å². The van der Waals surface area contributed by atoms with Crippen LogP contribution in [0, 0.1) is 0 Å². The van der Waals surface area contributed by atoms with Gasteiger partial charge in [0.1, 0.15) is 6.54 Å². The van der Waals surface area contributed by atoms with Crippen LogP contribution in [0.15, 0.2) is 59.3 Å². The molecule has 2 aromatic carbocycles. The lowest BCUT2D eigenvalue weighted by atomic mass is 10.0. The number of amides is 2. The second kappa shape index (κ2) is 9.20. The van der Waals surface area contributed by atoms with Crippen LogP contribution in [0.4, 0.5) is 0 Å². The van der Waals surface area contributed by atoms with Crippen LogP contribution in [0.5, 0.6) is 0 Å². The van der Waals surface area contributed by atoms with E-state index in [-0.39, 0.29) is 24.8 Å². The van der Waals surface area contributed by atoms with Gasteiger partial charge in [0.15, 0.2) is 0 Å². The van der Waals surface area contributed by atoms with Gasteiger partial charge in [-0.25, -0.2) is 0 Å². The molecule has 29 heavy (non-hydrogen) atoms. The summed E-state index contributed by atoms with van der Waals surface area (Å²) in [5.74, 6) is -0.109. The number of hydrogen-bond donors (Lipinski definition) is 2. The minimum absolute atomic E-state index is 0.00542. The molecule has 6 heteroatoms. The van der Waals surface area contributed by atoms with Gasteiger partial charge in [-0.2, -0.15) is 11.3 Å². The molecule has 1 fully saturated rings. The van der Waals surface area contributed by atoms with E-state index in [0.29, 0.717) is 0 Å². The van der Waals surface area contributed by atoms with Crippen molar-refractivity contribution in [3.8, 4) is 0 Å². The van der Waals surface area contributed by atoms with E-state index in [4.69, 9.17) is 0 Å². The molecule has 2 heterocycles. The molecule has 150 valence electrons. The van der Waals surface area contributed by atoms with E-state index in [2.05, 4.69) is 22.1 Å². The second-order valence-electron chi connectivity index (χ2n) is 7.53. The smallest absolute Gasteiger partial charge is 0.242 e. The number of carbonyl (C=O) groups excluding carboxylic acids is 2. The van der Waals surface area contributed by atoms with Crippen LogP contribution in [-0.2, 0) is 22.6 Å². The van der Waals surface area contributed by atoms with Crippen molar-refractivity contribution >= 4 is 33.9 Å². The van der Waals surface area contributed by atoms with Crippen LogP contribution in [0.2, 0.25) is 0 Å². The number of hydrogen-bond acceptors (Lipinski definition) is 3. The average Bonchev–Trinajstić information content (AvgIpc) is 3.26. The van der Waals surface area contributed by atoms with Gasteiger partial charge in [0.25, 0.3) is 0 Å². The molecule has 0 atom stereocenters. The summed E-state index contributed by atoms with van der Waals surface area (Å²) in [7, 11) is 0. The predicted molar refractivity (Wildman–Crippen MR) is 116 cm³/mol. The Morgan fingerprint density at radius 3 is 2.62 bits per heavy atom. The molecule has 1 saturated heterocycles. The lowest BCUT2D eigenvalue weighted by Crippen LogP contribution is -3.13. The van der Waals surface area contributed by atoms with E-state index in [9.17, 15) is 9.59 Å². The third-order valence-corrected chi connectivity index (χ3v) is 6.26. The Bertz CT molecular complexity index is 973. The topological polar surface area (TPSA) is 53.9 Å². The number of thiophene rings is 1. The zero-order valence-electron chi connectivity index (χ0n) is 16.4. The van der Waals surface area contributed by atoms with Crippen LogP contribution in [-0.4, -0.2) is 49.4 Å². The summed E-state index contributed by atoms with van der Waals surface area (Å²) in [5.41, 5.74) is 2.35. The Morgan fingerprint density at radius 1 is 1.03 bits per heavy atom. The number of piperazine rings is 1. The SMILES string of the molecule is O=C(Cc1cccc2ccccc12)NCC(=O)N1CC[NH+](Cc2ccsc2)CC1. The number of benzene rings is 2. The third kappa shape index (κ3) is 5.02. The summed E-state index contributed by atoms with van der Waals surface area (Å²) in [4.78, 5) is 28.3. The fraction of sp³-hybridized carbons (Fsp3) is 0.304. The minimum Gasteiger partial charge on any atom is -0.347 e. The standard InChI is InChI=1S/C23H25N3O2S/c27-22(14-20-6-3-5-19-4-1-2-7-21(19)20)24-15-23(28)26-11-9-25(10-12-26)16-18-8-13-29-17-18/h1-8,13,17H,9-12,14-16H2,(H,24,27)/p+1. The zero-order valence-corrected chi connectivity index (χ0v) is 17.2. The first-order chi connectivity index (χ1) is 14.2. The normalized spacial score (nSPS) is 14.8. The zero-order chi connectivity index (χ0) is 20.1. The van der Waals surface area contributed by atoms with Crippen molar-refractivity contribution in [1.29, 1.82) is 0 Å². The predicted octanol–water partition coefficient (Wildman–Crippen LogP) is 1.49. The van der Waals surface area contributed by atoms with Gasteiger partial charge in [0, 0.05) is 5.56 Å². The van der Waals surface area contributed by atoms with Crippen LogP contribution >= 0.6 is 11.3 Å². The molecule has 2 N–H and O–H groups in total. The molecule has 0 radical (unpaired) electrons. The van der Waals surface area contributed by atoms with Crippen molar-refractivity contribution < 1.29 is 14.5 Å². The second-order valence-corrected chi connectivity index (χ2v) is 8.31. The Labute approximate surface area is 174 Å². The van der Waals surface area contributed by atoms with Gasteiger partial charge in [-0.1, -0.05) is 42.5 Å². The highest BCUT2D eigenvalue weighted by molar-refractivity contribution is 7.07. The molecule has 0 aliphatic carbocycles. The monoisotopic (exact) mass is 408 g/mol. The molecule has 0 bridgehead atoms. The van der Waals surface area contributed by atoms with E-state index in [0.717, 1.165) is 49.1 Å². The van der Waals surface area contributed by atoms with Crippen molar-refractivity contribution in [3.63, 3.8) is 0 Å². The van der Waals surface area contributed by atoms with Crippen molar-refractivity contribution in [2.24, 2.45) is 0 Å². The summed E-state index contributed by atoms with van der Waals surface area (Å²) in [6.07, 6.45) is 0.285. The fourth-order valence-corrected chi connectivity index (χ4v) is 4.57. The van der Waals surface area contributed by atoms with Gasteiger partial charge in [-0.05, 0) is 33.2 Å². The maximum atomic E-state index is 12.5. The van der Waals surface area contributed by atoms with Gasteiger partial charge < -0.3 is 15.1 Å². The van der Waals surface area contributed by atoms with Crippen molar-refractivity contribution in [1.82, 2.24) is 10.2 Å². The number of nitrogens with one attached hydrogen (secondary N) is 2. The quantitative estimate of drug-likeness (QED) is 0.649. The van der Waals surface area contributed by atoms with Gasteiger partial charge in [-0.3, -0.25) is 9.59 Å². The Kier molecular flexibility index (Phi) is 6.22. The molecule has 3 aromatic rings. The largest absolute Gasteiger partial charge is 0.347 e. The van der Waals surface area contributed by atoms with Gasteiger partial charge >= 0.3 is 0 Å². The van der Waals surface area contributed by atoms with E-state index in [1.54, 1.807) is 11.3 Å². The van der Waals surface area contributed by atoms with Gasteiger partial charge in [-0.15, -0.1) is 0 Å². The first-order valence-electron chi connectivity index (χ1n) is 10.0. The molecule has 1 aliphatic heterocycles. The van der Waals surface area contributed by atoms with Crippen molar-refractivity contribution in [3.05, 3.63) is 70.4 Å². The maximum absolute atomic E-state index is 12.5. The minimum atomic E-state index is -0.114. The lowest BCUT2D eigenvalue weighted by Gasteiger charge is -2.32. The number of quaternary nitrogens is 1. The molecular formula is C23H26N3O2S+. The van der Waals surface area contributed by atoms with Crippen LogP contribution in [0.1, 0.15) is 11.1 Å². The van der Waals surface area contributed by atoms with E-state index < -0.39 is 0 Å². The van der Waals surface area contributed by atoms with Gasteiger partial charge in [0.05, 0.1) is 39.1 Å². The molecule has 4 rings (SSSR count). The fourth-order valence-electron chi connectivity index (χ4n) is 3.90. The molecule has 1 aromatic heterocycles. The highest BCUT2D eigenvalue weighted by Crippen LogP contribution is 2.18. The average molecular weight is 409 g/mol. The Morgan fingerprint density at radius 2 is 1.83 bits per heavy atom. The first-order valence-corrected chi connectivity index (χ1v) is 11.0. The molecular weight excluding hydrogens is 382 g/mol. The summed E-state index contributed by atoms with van der Waals surface area (Å²) in [6.45, 7) is 4.49. The summed E-state index contributed by atoms with van der Waals surface area (Å²) >= 11 is 1.73. The van der Waals surface area contributed by atoms with Crippen molar-refractivity contribution in [2.75, 3.05) is 32.7 Å². The Balaban J connectivity index is 1.24. The van der Waals surface area contributed by atoms with E-state index >= 15 is 0 Å². The van der Waals surface area contributed by atoms with Crippen LogP contribution < -0.4 is 10.2 Å². The maximum Gasteiger partial charge on any atom is 0.242 e. The number of fused-ring (bicyclic) bond motifs is 1. The summed E-state index contributed by atoms with van der Waals surface area (Å²) in [6, 6.07) is 16.2. The molecule has 5 nitrogen and oxygen atoms in total. The number of carbonyl (C=O) groups is 2. The van der Waals surface area contributed by atoms with Crippen molar-refractivity contribution in [2.45, 2.75) is 13.0 Å². The number of nitrogens with zero attached hydrogens (tertiary/aromatic N) is 1. The van der Waals surface area contributed by atoms with E-state index in [1.807, 2.05) is 47.4 Å². The number of rotatable bonds is 6.